The summed E-state index contributed by atoms with van der Waals surface area (Å²) in [6.07, 6.45) is 0. The fourth-order valence-electron chi connectivity index (χ4n) is 1.36. The summed E-state index contributed by atoms with van der Waals surface area (Å²) in [4.78, 5) is 21.8. The predicted octanol–water partition coefficient (Wildman–Crippen LogP) is -1.16. The van der Waals surface area contributed by atoms with Crippen LogP contribution >= 0.6 is 0 Å². The third-order valence-electron chi connectivity index (χ3n) is 1.97. The third kappa shape index (κ3) is 0.970. The van der Waals surface area contributed by atoms with Gasteiger partial charge in [0.25, 0.3) is 0 Å². The molecule has 0 spiro atoms. The van der Waals surface area contributed by atoms with E-state index in [0.29, 0.717) is 13.2 Å². The molecular weight excluding hydrogens is 148 g/mol. The minimum absolute atomic E-state index is 0.115. The van der Waals surface area contributed by atoms with E-state index in [2.05, 4.69) is 10.6 Å². The largest absolute Gasteiger partial charge is 0.378 e. The average molecular weight is 156 g/mol. The first-order valence-electron chi connectivity index (χ1n) is 3.46. The van der Waals surface area contributed by atoms with Crippen molar-refractivity contribution in [3.63, 3.8) is 0 Å². The number of rotatable bonds is 0. The molecule has 0 unspecified atom stereocenters. The number of nitrogens with one attached hydrogen (secondary N) is 2. The summed E-state index contributed by atoms with van der Waals surface area (Å²) in [6.45, 7) is 0.862. The van der Waals surface area contributed by atoms with E-state index in [1.54, 1.807) is 0 Å². The molecule has 0 saturated carbocycles. The molecular formula is C6H8N2O3. The topological polar surface area (TPSA) is 67.4 Å². The van der Waals surface area contributed by atoms with E-state index in [4.69, 9.17) is 4.74 Å². The highest BCUT2D eigenvalue weighted by molar-refractivity contribution is 5.98. The van der Waals surface area contributed by atoms with Crippen molar-refractivity contribution in [2.24, 2.45) is 5.92 Å². The fraction of sp³-hybridized carbons (Fsp3) is 0.667. The SMILES string of the molecule is O=C1NC(=O)[C@H]2COC[C@H]2N1. The molecule has 11 heavy (non-hydrogen) atoms. The Morgan fingerprint density at radius 1 is 1.36 bits per heavy atom. The van der Waals surface area contributed by atoms with Crippen molar-refractivity contribution in [3.8, 4) is 0 Å². The van der Waals surface area contributed by atoms with Gasteiger partial charge in [-0.25, -0.2) is 4.79 Å². The first-order chi connectivity index (χ1) is 5.27. The Morgan fingerprint density at radius 3 is 3.00 bits per heavy atom. The molecule has 2 aliphatic rings. The van der Waals surface area contributed by atoms with Crippen molar-refractivity contribution < 1.29 is 14.3 Å². The van der Waals surface area contributed by atoms with Crippen molar-refractivity contribution in [1.29, 1.82) is 0 Å². The van der Waals surface area contributed by atoms with Gasteiger partial charge in [-0.1, -0.05) is 0 Å². The molecule has 0 bridgehead atoms. The third-order valence-corrected chi connectivity index (χ3v) is 1.97. The van der Waals surface area contributed by atoms with Gasteiger partial charge in [0, 0.05) is 0 Å². The second kappa shape index (κ2) is 2.20. The maximum Gasteiger partial charge on any atom is 0.321 e. The number of carbonyl (C=O) groups is 2. The van der Waals surface area contributed by atoms with Crippen molar-refractivity contribution in [1.82, 2.24) is 10.6 Å². The lowest BCUT2D eigenvalue weighted by molar-refractivity contribution is -0.125. The van der Waals surface area contributed by atoms with Gasteiger partial charge in [0.1, 0.15) is 0 Å². The van der Waals surface area contributed by atoms with E-state index in [-0.39, 0.29) is 17.9 Å². The standard InChI is InChI=1S/C6H8N2O3/c9-5-3-1-11-2-4(3)7-6(10)8-5/h3-4H,1-2H2,(H2,7,8,9,10)/t3-,4+/m0/s1. The van der Waals surface area contributed by atoms with Gasteiger partial charge < -0.3 is 10.1 Å². The normalized spacial score (nSPS) is 36.0. The van der Waals surface area contributed by atoms with Crippen molar-refractivity contribution in [3.05, 3.63) is 0 Å². The Bertz CT molecular complexity index is 216. The Hall–Kier alpha value is -1.10. The number of imide groups is 1. The van der Waals surface area contributed by atoms with Crippen LogP contribution in [0, 0.1) is 5.92 Å². The van der Waals surface area contributed by atoms with Crippen LogP contribution in [0.3, 0.4) is 0 Å². The van der Waals surface area contributed by atoms with Gasteiger partial charge in [0.05, 0.1) is 25.2 Å². The van der Waals surface area contributed by atoms with Gasteiger partial charge in [-0.15, -0.1) is 0 Å². The Balaban J connectivity index is 2.16. The van der Waals surface area contributed by atoms with Gasteiger partial charge in [0.2, 0.25) is 5.91 Å². The van der Waals surface area contributed by atoms with Crippen LogP contribution in [0.25, 0.3) is 0 Å². The van der Waals surface area contributed by atoms with E-state index in [9.17, 15) is 9.59 Å². The first kappa shape index (κ1) is 6.60. The molecule has 0 aromatic heterocycles. The molecule has 5 nitrogen and oxygen atoms in total. The van der Waals surface area contributed by atoms with Gasteiger partial charge >= 0.3 is 6.03 Å². The second-order valence-corrected chi connectivity index (χ2v) is 2.71. The van der Waals surface area contributed by atoms with Crippen LogP contribution in [-0.2, 0) is 9.53 Å². The van der Waals surface area contributed by atoms with Crippen LogP contribution in [0.5, 0.6) is 0 Å². The molecule has 5 heteroatoms. The summed E-state index contributed by atoms with van der Waals surface area (Å²) < 4.78 is 5.03. The van der Waals surface area contributed by atoms with E-state index in [1.165, 1.54) is 0 Å². The molecule has 3 amide bonds. The highest BCUT2D eigenvalue weighted by Crippen LogP contribution is 2.15. The molecule has 0 aromatic rings. The smallest absolute Gasteiger partial charge is 0.321 e. The predicted molar refractivity (Wildman–Crippen MR) is 34.8 cm³/mol. The van der Waals surface area contributed by atoms with Gasteiger partial charge in [-0.3, -0.25) is 10.1 Å². The number of hydrogen-bond acceptors (Lipinski definition) is 3. The van der Waals surface area contributed by atoms with Gasteiger partial charge in [-0.2, -0.15) is 0 Å². The molecule has 2 rings (SSSR count). The van der Waals surface area contributed by atoms with E-state index >= 15 is 0 Å². The van der Waals surface area contributed by atoms with Crippen molar-refractivity contribution >= 4 is 11.9 Å². The lowest BCUT2D eigenvalue weighted by atomic mass is 10.0. The van der Waals surface area contributed by atoms with E-state index < -0.39 is 6.03 Å². The van der Waals surface area contributed by atoms with Crippen LogP contribution in [0.2, 0.25) is 0 Å². The van der Waals surface area contributed by atoms with Crippen LogP contribution in [0.15, 0.2) is 0 Å². The molecule has 2 saturated heterocycles. The molecule has 2 N–H and O–H groups in total. The number of hydrogen-bond donors (Lipinski definition) is 2. The molecule has 60 valence electrons. The number of ether oxygens (including phenoxy) is 1. The summed E-state index contributed by atoms with van der Waals surface area (Å²) in [5.41, 5.74) is 0. The summed E-state index contributed by atoms with van der Waals surface area (Å²) in [5.74, 6) is -0.413. The fourth-order valence-corrected chi connectivity index (χ4v) is 1.36. The molecule has 2 atom stereocenters. The minimum atomic E-state index is -0.415. The molecule has 0 radical (unpaired) electrons. The average Bonchev–Trinajstić information content (AvgIpc) is 2.34. The summed E-state index contributed by atoms with van der Waals surface area (Å²) in [6, 6.07) is -0.530. The maximum atomic E-state index is 11.0. The molecule has 0 aromatic carbocycles. The number of carbonyl (C=O) groups excluding carboxylic acids is 2. The first-order valence-corrected chi connectivity index (χ1v) is 3.46. The van der Waals surface area contributed by atoms with Gasteiger partial charge in [0.15, 0.2) is 0 Å². The Morgan fingerprint density at radius 2 is 2.18 bits per heavy atom. The zero-order valence-corrected chi connectivity index (χ0v) is 5.79. The molecule has 0 aliphatic carbocycles. The Kier molecular flexibility index (Phi) is 1.32. The van der Waals surface area contributed by atoms with Crippen LogP contribution in [0.4, 0.5) is 4.79 Å². The monoisotopic (exact) mass is 156 g/mol. The summed E-state index contributed by atoms with van der Waals surface area (Å²) in [7, 11) is 0. The number of fused-ring (bicyclic) bond motifs is 1. The quantitative estimate of drug-likeness (QED) is 0.465. The van der Waals surface area contributed by atoms with E-state index in [1.807, 2.05) is 0 Å². The zero-order valence-electron chi connectivity index (χ0n) is 5.79. The van der Waals surface area contributed by atoms with Crippen LogP contribution in [0.1, 0.15) is 0 Å². The maximum absolute atomic E-state index is 11.0. The number of amides is 3. The molecule has 2 heterocycles. The van der Waals surface area contributed by atoms with Gasteiger partial charge in [-0.05, 0) is 0 Å². The molecule has 2 fully saturated rings. The van der Waals surface area contributed by atoms with Crippen molar-refractivity contribution in [2.45, 2.75) is 6.04 Å². The van der Waals surface area contributed by atoms with E-state index in [0.717, 1.165) is 0 Å². The lowest BCUT2D eigenvalue weighted by Crippen LogP contribution is -2.57. The van der Waals surface area contributed by atoms with Crippen LogP contribution < -0.4 is 10.6 Å². The summed E-state index contributed by atoms with van der Waals surface area (Å²) in [5, 5.41) is 4.79. The lowest BCUT2D eigenvalue weighted by Gasteiger charge is -2.23. The molecule has 2 aliphatic heterocycles. The van der Waals surface area contributed by atoms with Crippen molar-refractivity contribution in [2.75, 3.05) is 13.2 Å². The number of urea groups is 1. The zero-order chi connectivity index (χ0) is 7.84. The highest BCUT2D eigenvalue weighted by Gasteiger charge is 2.39. The highest BCUT2D eigenvalue weighted by atomic mass is 16.5. The second-order valence-electron chi connectivity index (χ2n) is 2.71. The Labute approximate surface area is 63.1 Å². The minimum Gasteiger partial charge on any atom is -0.378 e. The summed E-state index contributed by atoms with van der Waals surface area (Å²) >= 11 is 0. The van der Waals surface area contributed by atoms with Crippen LogP contribution in [-0.4, -0.2) is 31.2 Å².